The van der Waals surface area contributed by atoms with E-state index in [9.17, 15) is 9.18 Å². The summed E-state index contributed by atoms with van der Waals surface area (Å²) in [6.07, 6.45) is 0. The Balaban J connectivity index is 1.77. The lowest BCUT2D eigenvalue weighted by Gasteiger charge is -2.02. The molecule has 0 fully saturated rings. The van der Waals surface area contributed by atoms with Crippen LogP contribution in [0.3, 0.4) is 0 Å². The molecule has 0 saturated carbocycles. The van der Waals surface area contributed by atoms with E-state index in [1.54, 1.807) is 12.1 Å². The van der Waals surface area contributed by atoms with Gasteiger partial charge in [-0.05, 0) is 37.1 Å². The second-order valence-corrected chi connectivity index (χ2v) is 6.49. The van der Waals surface area contributed by atoms with Crippen molar-refractivity contribution in [3.63, 3.8) is 0 Å². The first-order chi connectivity index (χ1) is 12.0. The van der Waals surface area contributed by atoms with Crippen LogP contribution >= 0.6 is 11.3 Å². The summed E-state index contributed by atoms with van der Waals surface area (Å²) in [5.41, 5.74) is 4.67. The molecular weight excluding hydrogens is 341 g/mol. The molecule has 0 unspecified atom stereocenters. The van der Waals surface area contributed by atoms with Crippen LogP contribution in [0.2, 0.25) is 0 Å². The van der Waals surface area contributed by atoms with Crippen molar-refractivity contribution in [2.75, 3.05) is 12.4 Å². The van der Waals surface area contributed by atoms with Gasteiger partial charge in [-0.1, -0.05) is 12.1 Å². The molecule has 3 aromatic rings. The zero-order valence-electron chi connectivity index (χ0n) is 14.1. The average Bonchev–Trinajstić information content (AvgIpc) is 3.18. The Hall–Kier alpha value is -2.67. The molecule has 0 saturated heterocycles. The Morgan fingerprint density at radius 1 is 1.32 bits per heavy atom. The van der Waals surface area contributed by atoms with Gasteiger partial charge < -0.3 is 15.0 Å². The number of nitrogens with one attached hydrogen (secondary N) is 2. The van der Waals surface area contributed by atoms with Crippen molar-refractivity contribution in [2.45, 2.75) is 20.4 Å². The quantitative estimate of drug-likeness (QED) is 0.667. The molecular formula is C18H18FN3O2S. The molecule has 5 nitrogen and oxygen atoms in total. The van der Waals surface area contributed by atoms with Crippen molar-refractivity contribution in [1.29, 1.82) is 0 Å². The zero-order valence-corrected chi connectivity index (χ0v) is 15.0. The minimum Gasteiger partial charge on any atom is -0.465 e. The molecule has 2 heterocycles. The number of aromatic nitrogens is 2. The molecule has 0 atom stereocenters. The first-order valence-corrected chi connectivity index (χ1v) is 8.59. The molecule has 7 heteroatoms. The number of H-pyrrole nitrogens is 1. The fraction of sp³-hybridized carbons (Fsp3) is 0.222. The molecule has 130 valence electrons. The molecule has 0 bridgehead atoms. The standard InChI is InChI=1S/C18H18FN3O2S/c1-10-15(17(23)24-3)11(2)21-16(10)14-9-25-18(22-14)20-8-12-4-6-13(19)7-5-12/h4-7,9,21H,8H2,1-3H3,(H,20,22). The van der Waals surface area contributed by atoms with Crippen molar-refractivity contribution < 1.29 is 13.9 Å². The van der Waals surface area contributed by atoms with E-state index < -0.39 is 0 Å². The third-order valence-corrected chi connectivity index (χ3v) is 4.74. The summed E-state index contributed by atoms with van der Waals surface area (Å²) < 4.78 is 17.8. The second kappa shape index (κ2) is 7.06. The van der Waals surface area contributed by atoms with Crippen LogP contribution in [-0.2, 0) is 11.3 Å². The lowest BCUT2D eigenvalue weighted by Crippen LogP contribution is -2.03. The van der Waals surface area contributed by atoms with E-state index in [1.165, 1.54) is 30.6 Å². The molecule has 25 heavy (non-hydrogen) atoms. The molecule has 0 aliphatic carbocycles. The number of nitrogens with zero attached hydrogens (tertiary/aromatic N) is 1. The maximum Gasteiger partial charge on any atom is 0.339 e. The molecule has 0 spiro atoms. The average molecular weight is 359 g/mol. The van der Waals surface area contributed by atoms with Crippen LogP contribution in [0.25, 0.3) is 11.4 Å². The van der Waals surface area contributed by atoms with Crippen molar-refractivity contribution >= 4 is 22.4 Å². The number of aryl methyl sites for hydroxylation is 1. The fourth-order valence-corrected chi connectivity index (χ4v) is 3.36. The van der Waals surface area contributed by atoms with E-state index in [0.717, 1.165) is 33.3 Å². The fourth-order valence-electron chi connectivity index (χ4n) is 2.66. The number of ether oxygens (including phenoxy) is 1. The summed E-state index contributed by atoms with van der Waals surface area (Å²) in [5.74, 6) is -0.610. The summed E-state index contributed by atoms with van der Waals surface area (Å²) in [7, 11) is 1.37. The van der Waals surface area contributed by atoms with E-state index in [1.807, 2.05) is 19.2 Å². The number of rotatable bonds is 5. The van der Waals surface area contributed by atoms with E-state index >= 15 is 0 Å². The molecule has 0 aliphatic rings. The molecule has 0 aliphatic heterocycles. The number of anilines is 1. The molecule has 0 radical (unpaired) electrons. The first kappa shape index (κ1) is 17.2. The third-order valence-electron chi connectivity index (χ3n) is 3.94. The summed E-state index contributed by atoms with van der Waals surface area (Å²) in [4.78, 5) is 19.7. The highest BCUT2D eigenvalue weighted by molar-refractivity contribution is 7.14. The summed E-state index contributed by atoms with van der Waals surface area (Å²) in [6, 6.07) is 6.34. The van der Waals surface area contributed by atoms with Gasteiger partial charge in [0.15, 0.2) is 5.13 Å². The van der Waals surface area contributed by atoms with Gasteiger partial charge in [-0.15, -0.1) is 11.3 Å². The Labute approximate surface area is 148 Å². The minimum absolute atomic E-state index is 0.251. The van der Waals surface area contributed by atoms with Crippen LogP contribution in [0.15, 0.2) is 29.6 Å². The van der Waals surface area contributed by atoms with E-state index in [-0.39, 0.29) is 11.8 Å². The molecule has 0 amide bonds. The number of hydrogen-bond donors (Lipinski definition) is 2. The number of aromatic amines is 1. The van der Waals surface area contributed by atoms with E-state index in [2.05, 4.69) is 15.3 Å². The first-order valence-electron chi connectivity index (χ1n) is 7.71. The molecule has 1 aromatic carbocycles. The predicted octanol–water partition coefficient (Wildman–Crippen LogP) is 4.29. The van der Waals surface area contributed by atoms with Crippen molar-refractivity contribution in [3.8, 4) is 11.4 Å². The number of thiazole rings is 1. The van der Waals surface area contributed by atoms with Crippen LogP contribution in [0, 0.1) is 19.7 Å². The van der Waals surface area contributed by atoms with E-state index in [4.69, 9.17) is 4.74 Å². The highest BCUT2D eigenvalue weighted by atomic mass is 32.1. The highest BCUT2D eigenvalue weighted by Crippen LogP contribution is 2.30. The summed E-state index contributed by atoms with van der Waals surface area (Å²) in [5, 5.41) is 5.90. The zero-order chi connectivity index (χ0) is 18.0. The lowest BCUT2D eigenvalue weighted by molar-refractivity contribution is 0.0599. The number of halogens is 1. The van der Waals surface area contributed by atoms with E-state index in [0.29, 0.717) is 12.1 Å². The molecule has 2 aromatic heterocycles. The minimum atomic E-state index is -0.359. The lowest BCUT2D eigenvalue weighted by atomic mass is 10.1. The Kier molecular flexibility index (Phi) is 4.85. The smallest absolute Gasteiger partial charge is 0.339 e. The van der Waals surface area contributed by atoms with Gasteiger partial charge in [0, 0.05) is 17.6 Å². The Morgan fingerprint density at radius 3 is 2.72 bits per heavy atom. The normalized spacial score (nSPS) is 10.7. The van der Waals surface area contributed by atoms with Gasteiger partial charge in [-0.3, -0.25) is 0 Å². The number of hydrogen-bond acceptors (Lipinski definition) is 5. The van der Waals surface area contributed by atoms with Gasteiger partial charge in [0.2, 0.25) is 0 Å². The number of benzene rings is 1. The Morgan fingerprint density at radius 2 is 2.04 bits per heavy atom. The van der Waals surface area contributed by atoms with Crippen molar-refractivity contribution in [2.24, 2.45) is 0 Å². The van der Waals surface area contributed by atoms with Gasteiger partial charge in [-0.25, -0.2) is 14.2 Å². The maximum atomic E-state index is 12.9. The summed E-state index contributed by atoms with van der Waals surface area (Å²) >= 11 is 1.47. The van der Waals surface area contributed by atoms with Gasteiger partial charge >= 0.3 is 5.97 Å². The number of carbonyl (C=O) groups excluding carboxylic acids is 1. The van der Waals surface area contributed by atoms with Gasteiger partial charge in [0.05, 0.1) is 18.4 Å². The topological polar surface area (TPSA) is 67.0 Å². The number of methoxy groups -OCH3 is 1. The maximum absolute atomic E-state index is 12.9. The van der Waals surface area contributed by atoms with Crippen LogP contribution in [0.5, 0.6) is 0 Å². The van der Waals surface area contributed by atoms with Crippen molar-refractivity contribution in [1.82, 2.24) is 9.97 Å². The van der Waals surface area contributed by atoms with Crippen molar-refractivity contribution in [3.05, 3.63) is 57.8 Å². The van der Waals surface area contributed by atoms with Gasteiger partial charge in [0.25, 0.3) is 0 Å². The number of carbonyl (C=O) groups is 1. The van der Waals surface area contributed by atoms with Gasteiger partial charge in [0.1, 0.15) is 11.5 Å². The molecule has 2 N–H and O–H groups in total. The molecule has 3 rings (SSSR count). The van der Waals surface area contributed by atoms with Crippen LogP contribution in [0.4, 0.5) is 9.52 Å². The van der Waals surface area contributed by atoms with Gasteiger partial charge in [-0.2, -0.15) is 0 Å². The van der Waals surface area contributed by atoms with Crippen LogP contribution in [0.1, 0.15) is 27.2 Å². The highest BCUT2D eigenvalue weighted by Gasteiger charge is 2.20. The predicted molar refractivity (Wildman–Crippen MR) is 96.4 cm³/mol. The van der Waals surface area contributed by atoms with Crippen LogP contribution < -0.4 is 5.32 Å². The Bertz CT molecular complexity index is 900. The third kappa shape index (κ3) is 3.56. The largest absolute Gasteiger partial charge is 0.465 e. The second-order valence-electron chi connectivity index (χ2n) is 5.63. The van der Waals surface area contributed by atoms with Crippen LogP contribution in [-0.4, -0.2) is 23.0 Å². The monoisotopic (exact) mass is 359 g/mol. The SMILES string of the molecule is COC(=O)c1c(C)[nH]c(-c2csc(NCc3ccc(F)cc3)n2)c1C. The summed E-state index contributed by atoms with van der Waals surface area (Å²) in [6.45, 7) is 4.27. The number of esters is 1.